The third-order valence-corrected chi connectivity index (χ3v) is 3.76. The zero-order valence-corrected chi connectivity index (χ0v) is 11.3. The number of nitrogens with one attached hydrogen (secondary N) is 1. The quantitative estimate of drug-likeness (QED) is 0.861. The second-order valence-electron chi connectivity index (χ2n) is 5.20. The van der Waals surface area contributed by atoms with E-state index in [-0.39, 0.29) is 12.1 Å². The minimum Gasteiger partial charge on any atom is -0.370 e. The van der Waals surface area contributed by atoms with Crippen molar-refractivity contribution in [1.29, 1.82) is 0 Å². The monoisotopic (exact) mass is 264 g/mol. The van der Waals surface area contributed by atoms with Gasteiger partial charge in [-0.05, 0) is 24.8 Å². The lowest BCUT2D eigenvalue weighted by Crippen LogP contribution is -2.40. The lowest BCUT2D eigenvalue weighted by atomic mass is 10.1. The lowest BCUT2D eigenvalue weighted by molar-refractivity contribution is 0.0404. The molecule has 3 heterocycles. The summed E-state index contributed by atoms with van der Waals surface area (Å²) in [6, 6.07) is 0.0177. The van der Waals surface area contributed by atoms with E-state index in [0.29, 0.717) is 13.2 Å². The molecule has 2 aliphatic heterocycles. The molecule has 104 valence electrons. The van der Waals surface area contributed by atoms with Gasteiger partial charge < -0.3 is 15.0 Å². The van der Waals surface area contributed by atoms with E-state index in [1.807, 2.05) is 22.8 Å². The number of hydrogen-bond acceptors (Lipinski definition) is 3. The Labute approximate surface area is 112 Å². The standard InChI is InChI=1S/C13H20N4O2/c1-16-9-10-4-7-19-11(12(10)15-16)8-14-13(18)17-5-2-3-6-17/h9,11H,2-8H2,1H3,(H,14,18)/t11-/m1/s1. The summed E-state index contributed by atoms with van der Waals surface area (Å²) < 4.78 is 7.54. The lowest BCUT2D eigenvalue weighted by Gasteiger charge is -2.23. The van der Waals surface area contributed by atoms with Crippen molar-refractivity contribution in [3.05, 3.63) is 17.5 Å². The molecule has 0 aliphatic carbocycles. The number of amides is 2. The fourth-order valence-corrected chi connectivity index (χ4v) is 2.78. The smallest absolute Gasteiger partial charge is 0.317 e. The molecule has 0 radical (unpaired) electrons. The minimum absolute atomic E-state index is 0.0177. The molecule has 1 saturated heterocycles. The molecular formula is C13H20N4O2. The van der Waals surface area contributed by atoms with E-state index in [1.165, 1.54) is 5.56 Å². The first-order chi connectivity index (χ1) is 9.24. The topological polar surface area (TPSA) is 59.4 Å². The highest BCUT2D eigenvalue weighted by molar-refractivity contribution is 5.74. The van der Waals surface area contributed by atoms with Crippen LogP contribution in [0.4, 0.5) is 4.79 Å². The maximum atomic E-state index is 11.9. The number of carbonyl (C=O) groups is 1. The second kappa shape index (κ2) is 5.21. The number of hydrogen-bond donors (Lipinski definition) is 1. The Hall–Kier alpha value is -1.56. The Bertz CT molecular complexity index is 465. The summed E-state index contributed by atoms with van der Waals surface area (Å²) in [5, 5.41) is 7.39. The molecular weight excluding hydrogens is 244 g/mol. The van der Waals surface area contributed by atoms with Crippen LogP contribution in [0.5, 0.6) is 0 Å². The molecule has 0 bridgehead atoms. The molecule has 3 rings (SSSR count). The summed E-state index contributed by atoms with van der Waals surface area (Å²) in [6.07, 6.45) is 5.04. The van der Waals surface area contributed by atoms with Gasteiger partial charge in [-0.15, -0.1) is 0 Å². The molecule has 1 N–H and O–H groups in total. The number of nitrogens with zero attached hydrogens (tertiary/aromatic N) is 3. The van der Waals surface area contributed by atoms with E-state index in [2.05, 4.69) is 10.4 Å². The first-order valence-corrected chi connectivity index (χ1v) is 6.91. The van der Waals surface area contributed by atoms with Gasteiger partial charge >= 0.3 is 6.03 Å². The summed E-state index contributed by atoms with van der Waals surface area (Å²) in [4.78, 5) is 13.8. The normalized spacial score (nSPS) is 22.4. The number of likely N-dealkylation sites (tertiary alicyclic amines) is 1. The Morgan fingerprint density at radius 3 is 3.11 bits per heavy atom. The van der Waals surface area contributed by atoms with E-state index in [9.17, 15) is 4.79 Å². The maximum absolute atomic E-state index is 11.9. The van der Waals surface area contributed by atoms with E-state index < -0.39 is 0 Å². The molecule has 6 nitrogen and oxygen atoms in total. The first-order valence-electron chi connectivity index (χ1n) is 6.91. The molecule has 0 aromatic carbocycles. The number of urea groups is 1. The number of ether oxygens (including phenoxy) is 1. The SMILES string of the molecule is Cn1cc2c(n1)[C@@H](CNC(=O)N1CCCC1)OCC2. The van der Waals surface area contributed by atoms with Crippen LogP contribution in [0.2, 0.25) is 0 Å². The van der Waals surface area contributed by atoms with Crippen LogP contribution in [0.1, 0.15) is 30.2 Å². The van der Waals surface area contributed by atoms with Gasteiger partial charge in [0.25, 0.3) is 0 Å². The average molecular weight is 264 g/mol. The molecule has 6 heteroatoms. The van der Waals surface area contributed by atoms with Crippen LogP contribution >= 0.6 is 0 Å². The van der Waals surface area contributed by atoms with Crippen molar-refractivity contribution in [2.75, 3.05) is 26.2 Å². The van der Waals surface area contributed by atoms with Gasteiger partial charge in [0.2, 0.25) is 0 Å². The number of aromatic nitrogens is 2. The minimum atomic E-state index is -0.114. The van der Waals surface area contributed by atoms with Crippen molar-refractivity contribution < 1.29 is 9.53 Å². The number of fused-ring (bicyclic) bond motifs is 1. The molecule has 1 fully saturated rings. The van der Waals surface area contributed by atoms with Crippen LogP contribution in [0, 0.1) is 0 Å². The molecule has 19 heavy (non-hydrogen) atoms. The Kier molecular flexibility index (Phi) is 3.42. The predicted molar refractivity (Wildman–Crippen MR) is 69.8 cm³/mol. The van der Waals surface area contributed by atoms with E-state index >= 15 is 0 Å². The Morgan fingerprint density at radius 2 is 2.32 bits per heavy atom. The third-order valence-electron chi connectivity index (χ3n) is 3.76. The van der Waals surface area contributed by atoms with Crippen LogP contribution < -0.4 is 5.32 Å². The van der Waals surface area contributed by atoms with Crippen molar-refractivity contribution >= 4 is 6.03 Å². The number of aryl methyl sites for hydroxylation is 1. The van der Waals surface area contributed by atoms with Crippen molar-refractivity contribution in [3.8, 4) is 0 Å². The van der Waals surface area contributed by atoms with Crippen molar-refractivity contribution in [2.45, 2.75) is 25.4 Å². The molecule has 0 unspecified atom stereocenters. The van der Waals surface area contributed by atoms with Gasteiger partial charge in [0.1, 0.15) is 6.10 Å². The Morgan fingerprint density at radius 1 is 1.53 bits per heavy atom. The van der Waals surface area contributed by atoms with Crippen LogP contribution in [-0.2, 0) is 18.2 Å². The molecule has 1 atom stereocenters. The first kappa shape index (κ1) is 12.5. The number of carbonyl (C=O) groups excluding carboxylic acids is 1. The molecule has 0 spiro atoms. The van der Waals surface area contributed by atoms with Crippen LogP contribution in [0.25, 0.3) is 0 Å². The van der Waals surface area contributed by atoms with E-state index in [1.54, 1.807) is 0 Å². The average Bonchev–Trinajstić information content (AvgIpc) is 3.03. The zero-order valence-electron chi connectivity index (χ0n) is 11.3. The van der Waals surface area contributed by atoms with Gasteiger partial charge in [-0.1, -0.05) is 0 Å². The summed E-state index contributed by atoms with van der Waals surface area (Å²) in [7, 11) is 1.91. The summed E-state index contributed by atoms with van der Waals surface area (Å²) in [6.45, 7) is 2.93. The van der Waals surface area contributed by atoms with Gasteiger partial charge in [-0.3, -0.25) is 4.68 Å². The number of rotatable bonds is 2. The molecule has 1 aromatic heterocycles. The summed E-state index contributed by atoms with van der Waals surface area (Å²) >= 11 is 0. The van der Waals surface area contributed by atoms with Crippen LogP contribution in [-0.4, -0.2) is 47.0 Å². The second-order valence-corrected chi connectivity index (χ2v) is 5.20. The fraction of sp³-hybridized carbons (Fsp3) is 0.692. The van der Waals surface area contributed by atoms with Crippen molar-refractivity contribution in [2.24, 2.45) is 7.05 Å². The van der Waals surface area contributed by atoms with Gasteiger partial charge in [0.15, 0.2) is 0 Å². The highest BCUT2D eigenvalue weighted by atomic mass is 16.5. The third kappa shape index (κ3) is 2.58. The summed E-state index contributed by atoms with van der Waals surface area (Å²) in [5.74, 6) is 0. The van der Waals surface area contributed by atoms with E-state index in [4.69, 9.17) is 4.74 Å². The van der Waals surface area contributed by atoms with Gasteiger partial charge in [0.05, 0.1) is 18.8 Å². The zero-order chi connectivity index (χ0) is 13.2. The highest BCUT2D eigenvalue weighted by Crippen LogP contribution is 2.24. The van der Waals surface area contributed by atoms with Crippen LogP contribution in [0.3, 0.4) is 0 Å². The van der Waals surface area contributed by atoms with Gasteiger partial charge in [-0.25, -0.2) is 4.79 Å². The predicted octanol–water partition coefficient (Wildman–Crippen LogP) is 0.839. The molecule has 2 aliphatic rings. The van der Waals surface area contributed by atoms with Gasteiger partial charge in [0, 0.05) is 26.3 Å². The highest BCUT2D eigenvalue weighted by Gasteiger charge is 2.26. The van der Waals surface area contributed by atoms with Crippen molar-refractivity contribution in [1.82, 2.24) is 20.0 Å². The molecule has 1 aromatic rings. The Balaban J connectivity index is 1.60. The summed E-state index contributed by atoms with van der Waals surface area (Å²) in [5.41, 5.74) is 2.20. The van der Waals surface area contributed by atoms with Crippen LogP contribution in [0.15, 0.2) is 6.20 Å². The largest absolute Gasteiger partial charge is 0.370 e. The molecule has 2 amide bonds. The molecule has 0 saturated carbocycles. The van der Waals surface area contributed by atoms with Crippen molar-refractivity contribution in [3.63, 3.8) is 0 Å². The maximum Gasteiger partial charge on any atom is 0.317 e. The van der Waals surface area contributed by atoms with Gasteiger partial charge in [-0.2, -0.15) is 5.10 Å². The fourth-order valence-electron chi connectivity index (χ4n) is 2.78. The van der Waals surface area contributed by atoms with E-state index in [0.717, 1.165) is 38.0 Å².